The molecule has 3 rings (SSSR count). The lowest BCUT2D eigenvalue weighted by Gasteiger charge is -2.13. The van der Waals surface area contributed by atoms with Gasteiger partial charge < -0.3 is 10.3 Å². The number of anilines is 1. The molecule has 0 atom stereocenters. The molecule has 8 nitrogen and oxygen atoms in total. The summed E-state index contributed by atoms with van der Waals surface area (Å²) < 4.78 is 2.18. The maximum atomic E-state index is 12.0. The highest BCUT2D eigenvalue weighted by Crippen LogP contribution is 2.11. The van der Waals surface area contributed by atoms with E-state index in [1.807, 2.05) is 30.3 Å². The van der Waals surface area contributed by atoms with Gasteiger partial charge in [-0.15, -0.1) is 0 Å². The van der Waals surface area contributed by atoms with E-state index < -0.39 is 11.2 Å². The fourth-order valence-electron chi connectivity index (χ4n) is 2.58. The predicted octanol–water partition coefficient (Wildman–Crippen LogP) is 0.487. The van der Waals surface area contributed by atoms with E-state index in [1.165, 1.54) is 18.7 Å². The molecule has 24 heavy (non-hydrogen) atoms. The molecule has 0 amide bonds. The summed E-state index contributed by atoms with van der Waals surface area (Å²) in [6.45, 7) is 0.426. The molecule has 2 N–H and O–H groups in total. The average Bonchev–Trinajstić information content (AvgIpc) is 3.00. The average molecular weight is 324 g/mol. The number of H-pyrrole nitrogens is 1. The molecule has 2 heterocycles. The number of nitrogens with one attached hydrogen (secondary N) is 2. The van der Waals surface area contributed by atoms with Gasteiger partial charge in [0.1, 0.15) is 17.7 Å². The fourth-order valence-corrected chi connectivity index (χ4v) is 2.58. The molecule has 0 bridgehead atoms. The molecule has 0 aliphatic carbocycles. The second kappa shape index (κ2) is 6.04. The highest BCUT2D eigenvalue weighted by molar-refractivity contribution is 5.74. The van der Waals surface area contributed by atoms with Gasteiger partial charge in [-0.3, -0.25) is 13.9 Å². The molecule has 3 aromatic rings. The molecule has 0 aliphatic rings. The number of rotatable bonds is 4. The number of hydrogen-bond donors (Lipinski definition) is 2. The number of nitrogens with zero attached hydrogens (tertiary/aromatic N) is 4. The van der Waals surface area contributed by atoms with Crippen molar-refractivity contribution in [2.75, 3.05) is 11.9 Å². The maximum Gasteiger partial charge on any atom is 0.332 e. The first-order chi connectivity index (χ1) is 11.5. The Bertz CT molecular complexity index is 1030. The van der Waals surface area contributed by atoms with Gasteiger partial charge >= 0.3 is 5.69 Å². The van der Waals surface area contributed by atoms with Crippen molar-refractivity contribution in [2.24, 2.45) is 14.1 Å². The van der Waals surface area contributed by atoms with Crippen LogP contribution in [0.1, 0.15) is 11.4 Å². The van der Waals surface area contributed by atoms with Crippen molar-refractivity contribution >= 4 is 16.9 Å². The quantitative estimate of drug-likeness (QED) is 0.726. The summed E-state index contributed by atoms with van der Waals surface area (Å²) in [5.74, 6) is 1.01. The number of imidazole rings is 1. The van der Waals surface area contributed by atoms with Crippen LogP contribution in [-0.2, 0) is 20.5 Å². The van der Waals surface area contributed by atoms with Gasteiger partial charge in [-0.05, 0) is 12.1 Å². The van der Waals surface area contributed by atoms with E-state index in [0.29, 0.717) is 13.0 Å². The molecule has 0 unspecified atom stereocenters. The Morgan fingerprint density at radius 2 is 2.00 bits per heavy atom. The zero-order valence-electron chi connectivity index (χ0n) is 13.3. The van der Waals surface area contributed by atoms with Crippen molar-refractivity contribution in [3.8, 4) is 6.07 Å². The largest absolute Gasteiger partial charge is 0.370 e. The minimum Gasteiger partial charge on any atom is -0.370 e. The van der Waals surface area contributed by atoms with Crippen LogP contribution < -0.4 is 16.6 Å². The van der Waals surface area contributed by atoms with Crippen LogP contribution in [0, 0.1) is 11.3 Å². The van der Waals surface area contributed by atoms with Crippen molar-refractivity contribution < 1.29 is 0 Å². The maximum absolute atomic E-state index is 12.0. The lowest BCUT2D eigenvalue weighted by molar-refractivity contribution is 0.684. The first kappa shape index (κ1) is 15.6. The van der Waals surface area contributed by atoms with Crippen LogP contribution >= 0.6 is 0 Å². The minimum atomic E-state index is -0.605. The smallest absolute Gasteiger partial charge is 0.332 e. The SMILES string of the molecule is Cn1c(NCCc2nc3ccccc3[nH]2)c(C#N)c(=O)n(C)c1=O. The van der Waals surface area contributed by atoms with Crippen molar-refractivity contribution in [1.29, 1.82) is 5.26 Å². The molecule has 0 saturated heterocycles. The van der Waals surface area contributed by atoms with Crippen LogP contribution in [0.15, 0.2) is 33.9 Å². The third-order valence-corrected chi connectivity index (χ3v) is 3.87. The second-order valence-electron chi connectivity index (χ2n) is 5.42. The highest BCUT2D eigenvalue weighted by atomic mass is 16.2. The van der Waals surface area contributed by atoms with Crippen molar-refractivity contribution in [3.63, 3.8) is 0 Å². The Labute approximate surface area is 137 Å². The number of aromatic amines is 1. The summed E-state index contributed by atoms with van der Waals surface area (Å²) in [5, 5.41) is 12.2. The number of aromatic nitrogens is 4. The van der Waals surface area contributed by atoms with E-state index in [0.717, 1.165) is 21.4 Å². The molecule has 0 fully saturated rings. The minimum absolute atomic E-state index is 0.0794. The monoisotopic (exact) mass is 324 g/mol. The molecule has 2 aromatic heterocycles. The summed E-state index contributed by atoms with van der Waals surface area (Å²) in [5.41, 5.74) is 0.665. The van der Waals surface area contributed by atoms with Gasteiger partial charge in [0.05, 0.1) is 11.0 Å². The molecule has 1 aromatic carbocycles. The Morgan fingerprint density at radius 1 is 1.25 bits per heavy atom. The third kappa shape index (κ3) is 2.56. The van der Waals surface area contributed by atoms with Gasteiger partial charge in [0.2, 0.25) is 0 Å². The van der Waals surface area contributed by atoms with Gasteiger partial charge in [-0.1, -0.05) is 12.1 Å². The number of nitriles is 1. The van der Waals surface area contributed by atoms with E-state index in [1.54, 1.807) is 0 Å². The summed E-state index contributed by atoms with van der Waals surface area (Å²) in [6.07, 6.45) is 0.558. The topological polar surface area (TPSA) is 108 Å². The van der Waals surface area contributed by atoms with Crippen LogP contribution in [-0.4, -0.2) is 25.6 Å². The zero-order chi connectivity index (χ0) is 17.3. The summed E-state index contributed by atoms with van der Waals surface area (Å²) in [6, 6.07) is 9.57. The second-order valence-corrected chi connectivity index (χ2v) is 5.42. The molecule has 0 radical (unpaired) electrons. The van der Waals surface area contributed by atoms with E-state index >= 15 is 0 Å². The van der Waals surface area contributed by atoms with Crippen LogP contribution in [0.3, 0.4) is 0 Å². The Kier molecular flexibility index (Phi) is 3.92. The lowest BCUT2D eigenvalue weighted by Crippen LogP contribution is -2.40. The van der Waals surface area contributed by atoms with Gasteiger partial charge in [-0.2, -0.15) is 5.26 Å². The van der Waals surface area contributed by atoms with E-state index in [-0.39, 0.29) is 11.4 Å². The molecule has 8 heteroatoms. The summed E-state index contributed by atoms with van der Waals surface area (Å²) in [4.78, 5) is 31.7. The normalized spacial score (nSPS) is 10.7. The standard InChI is InChI=1S/C16H16N6O2/c1-21-14(10(9-17)15(23)22(2)16(21)24)18-8-7-13-19-11-5-3-4-6-12(11)20-13/h3-6,18H,7-8H2,1-2H3,(H,19,20). The first-order valence-electron chi connectivity index (χ1n) is 7.40. The van der Waals surface area contributed by atoms with Crippen molar-refractivity contribution in [2.45, 2.75) is 6.42 Å². The van der Waals surface area contributed by atoms with Crippen LogP contribution in [0.4, 0.5) is 5.82 Å². The molecular formula is C16H16N6O2. The van der Waals surface area contributed by atoms with Gasteiger partial charge in [-0.25, -0.2) is 9.78 Å². The van der Waals surface area contributed by atoms with E-state index in [2.05, 4.69) is 15.3 Å². The number of para-hydroxylation sites is 2. The predicted molar refractivity (Wildman–Crippen MR) is 89.9 cm³/mol. The number of fused-ring (bicyclic) bond motifs is 1. The van der Waals surface area contributed by atoms with Gasteiger partial charge in [0, 0.05) is 27.1 Å². The lowest BCUT2D eigenvalue weighted by atomic mass is 10.3. The van der Waals surface area contributed by atoms with Crippen molar-refractivity contribution in [1.82, 2.24) is 19.1 Å². The van der Waals surface area contributed by atoms with E-state index in [9.17, 15) is 14.9 Å². The summed E-state index contributed by atoms with van der Waals surface area (Å²) in [7, 11) is 2.87. The Morgan fingerprint density at radius 3 is 2.71 bits per heavy atom. The molecule has 0 saturated carbocycles. The Balaban J connectivity index is 1.83. The highest BCUT2D eigenvalue weighted by Gasteiger charge is 2.15. The molecule has 0 spiro atoms. The molecular weight excluding hydrogens is 308 g/mol. The van der Waals surface area contributed by atoms with Gasteiger partial charge in [0.25, 0.3) is 5.56 Å². The molecule has 0 aliphatic heterocycles. The van der Waals surface area contributed by atoms with Crippen LogP contribution in [0.5, 0.6) is 0 Å². The summed E-state index contributed by atoms with van der Waals surface area (Å²) >= 11 is 0. The third-order valence-electron chi connectivity index (χ3n) is 3.87. The number of hydrogen-bond acceptors (Lipinski definition) is 5. The zero-order valence-corrected chi connectivity index (χ0v) is 13.3. The van der Waals surface area contributed by atoms with Crippen LogP contribution in [0.25, 0.3) is 11.0 Å². The fraction of sp³-hybridized carbons (Fsp3) is 0.250. The number of benzene rings is 1. The van der Waals surface area contributed by atoms with Gasteiger partial charge in [0.15, 0.2) is 5.56 Å². The van der Waals surface area contributed by atoms with Crippen molar-refractivity contribution in [3.05, 3.63) is 56.5 Å². The molecule has 122 valence electrons. The van der Waals surface area contributed by atoms with E-state index in [4.69, 9.17) is 0 Å². The first-order valence-corrected chi connectivity index (χ1v) is 7.40. The van der Waals surface area contributed by atoms with Crippen LogP contribution in [0.2, 0.25) is 0 Å². The Hall–Kier alpha value is -3.34.